The quantitative estimate of drug-likeness (QED) is 0.377. The molecular formula is C25H20FN3O5S. The summed E-state index contributed by atoms with van der Waals surface area (Å²) in [7, 11) is 1.28. The predicted molar refractivity (Wildman–Crippen MR) is 127 cm³/mol. The second kappa shape index (κ2) is 8.70. The van der Waals surface area contributed by atoms with Gasteiger partial charge in [0.15, 0.2) is 5.43 Å². The molecule has 0 radical (unpaired) electrons. The first-order valence-electron chi connectivity index (χ1n) is 10.9. The van der Waals surface area contributed by atoms with Crippen LogP contribution in [0.25, 0.3) is 11.0 Å². The molecule has 3 heterocycles. The van der Waals surface area contributed by atoms with Gasteiger partial charge in [-0.1, -0.05) is 37.3 Å². The van der Waals surface area contributed by atoms with E-state index in [1.165, 1.54) is 35.5 Å². The van der Waals surface area contributed by atoms with Gasteiger partial charge in [-0.05, 0) is 41.8 Å². The lowest BCUT2D eigenvalue weighted by atomic mass is 9.97. The Hall–Kier alpha value is -3.92. The molecule has 1 atom stereocenters. The highest BCUT2D eigenvalue weighted by Crippen LogP contribution is 2.42. The second-order valence-electron chi connectivity index (χ2n) is 8.58. The van der Waals surface area contributed by atoms with Crippen LogP contribution in [0.15, 0.2) is 51.7 Å². The van der Waals surface area contributed by atoms with Gasteiger partial charge < -0.3 is 9.15 Å². The Kier molecular flexibility index (Phi) is 5.68. The van der Waals surface area contributed by atoms with Gasteiger partial charge in [-0.3, -0.25) is 14.5 Å². The topological polar surface area (TPSA) is 103 Å². The number of rotatable bonds is 5. The number of benzene rings is 2. The maximum absolute atomic E-state index is 13.9. The van der Waals surface area contributed by atoms with E-state index in [2.05, 4.69) is 24.0 Å². The van der Waals surface area contributed by atoms with Crippen molar-refractivity contribution in [3.63, 3.8) is 0 Å². The average molecular weight is 494 g/mol. The zero-order valence-electron chi connectivity index (χ0n) is 19.1. The first-order valence-corrected chi connectivity index (χ1v) is 11.7. The van der Waals surface area contributed by atoms with Crippen LogP contribution in [0.5, 0.6) is 0 Å². The molecule has 1 amide bonds. The number of carbonyl (C=O) groups is 2. The molecule has 8 nitrogen and oxygen atoms in total. The van der Waals surface area contributed by atoms with Crippen molar-refractivity contribution in [3.05, 3.63) is 86.0 Å². The van der Waals surface area contributed by atoms with Gasteiger partial charge in [0.1, 0.15) is 16.4 Å². The molecule has 5 rings (SSSR count). The molecule has 0 bridgehead atoms. The maximum Gasteiger partial charge on any atom is 0.337 e. The summed E-state index contributed by atoms with van der Waals surface area (Å²) in [6.07, 6.45) is 0.686. The lowest BCUT2D eigenvalue weighted by molar-refractivity contribution is 0.0600. The highest BCUT2D eigenvalue weighted by atomic mass is 32.1. The van der Waals surface area contributed by atoms with Crippen LogP contribution in [-0.4, -0.2) is 29.2 Å². The molecule has 35 heavy (non-hydrogen) atoms. The number of fused-ring (bicyclic) bond motifs is 2. The number of methoxy groups -OCH3 is 1. The van der Waals surface area contributed by atoms with Crippen LogP contribution in [0.3, 0.4) is 0 Å². The van der Waals surface area contributed by atoms with Crippen LogP contribution >= 0.6 is 11.3 Å². The summed E-state index contributed by atoms with van der Waals surface area (Å²) in [4.78, 5) is 40.4. The van der Waals surface area contributed by atoms with Crippen molar-refractivity contribution < 1.29 is 23.1 Å². The van der Waals surface area contributed by atoms with Gasteiger partial charge in [0.2, 0.25) is 10.9 Å². The summed E-state index contributed by atoms with van der Waals surface area (Å²) in [6, 6.07) is 9.07. The number of amides is 1. The lowest BCUT2D eigenvalue weighted by Crippen LogP contribution is -2.29. The van der Waals surface area contributed by atoms with E-state index < -0.39 is 29.2 Å². The van der Waals surface area contributed by atoms with Crippen molar-refractivity contribution in [2.45, 2.75) is 26.3 Å². The molecule has 10 heteroatoms. The third-order valence-corrected chi connectivity index (χ3v) is 6.67. The van der Waals surface area contributed by atoms with Crippen LogP contribution in [0.4, 0.5) is 9.52 Å². The minimum absolute atomic E-state index is 0.0346. The Morgan fingerprint density at radius 1 is 1.17 bits per heavy atom. The molecule has 0 spiro atoms. The second-order valence-corrected chi connectivity index (χ2v) is 9.62. The van der Waals surface area contributed by atoms with E-state index >= 15 is 0 Å². The Morgan fingerprint density at radius 3 is 2.60 bits per heavy atom. The number of aromatic nitrogens is 2. The van der Waals surface area contributed by atoms with Gasteiger partial charge in [-0.15, -0.1) is 10.2 Å². The van der Waals surface area contributed by atoms with E-state index in [0.717, 1.165) is 11.1 Å². The summed E-state index contributed by atoms with van der Waals surface area (Å²) < 4.78 is 24.5. The number of ether oxygens (including phenoxy) is 1. The minimum Gasteiger partial charge on any atom is -0.465 e. The Balaban J connectivity index is 1.71. The van der Waals surface area contributed by atoms with E-state index in [9.17, 15) is 18.8 Å². The molecule has 0 saturated heterocycles. The zero-order chi connectivity index (χ0) is 24.9. The van der Waals surface area contributed by atoms with Crippen LogP contribution in [0.2, 0.25) is 0 Å². The Labute approximate surface area is 203 Å². The van der Waals surface area contributed by atoms with Gasteiger partial charge in [0.05, 0.1) is 29.7 Å². The summed E-state index contributed by atoms with van der Waals surface area (Å²) in [5.41, 5.74) is 0.552. The van der Waals surface area contributed by atoms with Crippen molar-refractivity contribution in [1.29, 1.82) is 0 Å². The number of halogens is 1. The molecule has 0 fully saturated rings. The molecule has 0 aliphatic carbocycles. The normalized spacial score (nSPS) is 15.2. The average Bonchev–Trinajstić information content (AvgIpc) is 3.41. The summed E-state index contributed by atoms with van der Waals surface area (Å²) >= 11 is 1.26. The van der Waals surface area contributed by atoms with Gasteiger partial charge in [-0.2, -0.15) is 0 Å². The minimum atomic E-state index is -0.895. The zero-order valence-corrected chi connectivity index (χ0v) is 19.9. The van der Waals surface area contributed by atoms with Crippen LogP contribution in [-0.2, 0) is 11.2 Å². The Morgan fingerprint density at radius 2 is 1.91 bits per heavy atom. The lowest BCUT2D eigenvalue weighted by Gasteiger charge is -2.22. The number of nitrogens with zero attached hydrogens (tertiary/aromatic N) is 3. The molecule has 1 aliphatic rings. The van der Waals surface area contributed by atoms with E-state index in [1.807, 2.05) is 0 Å². The molecule has 0 N–H and O–H groups in total. The van der Waals surface area contributed by atoms with Crippen molar-refractivity contribution in [3.8, 4) is 0 Å². The van der Waals surface area contributed by atoms with E-state index in [1.54, 1.807) is 24.3 Å². The summed E-state index contributed by atoms with van der Waals surface area (Å²) in [5.74, 6) is -1.44. The molecule has 0 saturated carbocycles. The molecular weight excluding hydrogens is 473 g/mol. The molecule has 0 unspecified atom stereocenters. The fourth-order valence-electron chi connectivity index (χ4n) is 4.15. The van der Waals surface area contributed by atoms with Gasteiger partial charge in [0, 0.05) is 6.42 Å². The predicted octanol–water partition coefficient (Wildman–Crippen LogP) is 4.52. The fraction of sp³-hybridized carbons (Fsp3) is 0.240. The first kappa shape index (κ1) is 22.9. The van der Waals surface area contributed by atoms with E-state index in [0.29, 0.717) is 28.6 Å². The number of carbonyl (C=O) groups excluding carboxylic acids is 2. The standard InChI is InChI=1S/C25H20FN3O5S/c1-12(2)10-18-27-28-25(35-18)29-20(13-4-6-14(7-5-13)24(32)33-3)19-21(30)16-11-15(26)8-9-17(16)34-22(19)23(29)31/h4-9,11-12,20H,10H2,1-3H3/t20-/m1/s1. The molecule has 4 aromatic rings. The molecule has 2 aromatic carbocycles. The maximum atomic E-state index is 13.9. The van der Waals surface area contributed by atoms with Crippen molar-refractivity contribution in [2.24, 2.45) is 5.92 Å². The summed E-state index contributed by atoms with van der Waals surface area (Å²) in [6.45, 7) is 4.10. The molecule has 2 aromatic heterocycles. The highest BCUT2D eigenvalue weighted by molar-refractivity contribution is 7.15. The number of anilines is 1. The van der Waals surface area contributed by atoms with Gasteiger partial charge >= 0.3 is 5.97 Å². The fourth-order valence-corrected chi connectivity index (χ4v) is 5.23. The van der Waals surface area contributed by atoms with Crippen LogP contribution in [0, 0.1) is 11.7 Å². The third kappa shape index (κ3) is 3.89. The van der Waals surface area contributed by atoms with E-state index in [-0.39, 0.29) is 22.3 Å². The van der Waals surface area contributed by atoms with Crippen molar-refractivity contribution in [2.75, 3.05) is 12.0 Å². The van der Waals surface area contributed by atoms with Crippen molar-refractivity contribution >= 4 is 39.3 Å². The first-order chi connectivity index (χ1) is 16.8. The smallest absolute Gasteiger partial charge is 0.337 e. The SMILES string of the molecule is COC(=O)c1ccc([C@@H]2c3c(oc4ccc(F)cc4c3=O)C(=O)N2c2nnc(CC(C)C)s2)cc1. The van der Waals surface area contributed by atoms with Crippen LogP contribution < -0.4 is 10.3 Å². The summed E-state index contributed by atoms with van der Waals surface area (Å²) in [5, 5.41) is 9.55. The molecule has 178 valence electrons. The number of hydrogen-bond donors (Lipinski definition) is 0. The van der Waals surface area contributed by atoms with E-state index in [4.69, 9.17) is 9.15 Å². The van der Waals surface area contributed by atoms with Crippen LogP contribution in [0.1, 0.15) is 56.9 Å². The monoisotopic (exact) mass is 493 g/mol. The number of esters is 1. The number of hydrogen-bond acceptors (Lipinski definition) is 8. The Bertz CT molecular complexity index is 1530. The van der Waals surface area contributed by atoms with Gasteiger partial charge in [0.25, 0.3) is 5.91 Å². The van der Waals surface area contributed by atoms with Gasteiger partial charge in [-0.25, -0.2) is 9.18 Å². The largest absolute Gasteiger partial charge is 0.465 e. The third-order valence-electron chi connectivity index (χ3n) is 5.72. The van der Waals surface area contributed by atoms with Crippen molar-refractivity contribution in [1.82, 2.24) is 10.2 Å². The molecule has 1 aliphatic heterocycles. The highest BCUT2D eigenvalue weighted by Gasteiger charge is 2.45.